The first-order valence-corrected chi connectivity index (χ1v) is 9.16. The number of nitrogens with two attached hydrogens (primary N) is 1. The molecule has 0 aromatic heterocycles. The van der Waals surface area contributed by atoms with Gasteiger partial charge in [-0.25, -0.2) is 4.39 Å². The zero-order valence-electron chi connectivity index (χ0n) is 14.1. The zero-order valence-corrected chi connectivity index (χ0v) is 14.1. The van der Waals surface area contributed by atoms with Crippen molar-refractivity contribution in [1.29, 1.82) is 0 Å². The highest BCUT2D eigenvalue weighted by molar-refractivity contribution is 6.01. The van der Waals surface area contributed by atoms with Crippen LogP contribution in [0.4, 0.5) is 10.1 Å². The Morgan fingerprint density at radius 2 is 1.96 bits per heavy atom. The Bertz CT molecular complexity index is 694. The summed E-state index contributed by atoms with van der Waals surface area (Å²) in [7, 11) is 0. The van der Waals surface area contributed by atoms with E-state index in [-0.39, 0.29) is 30.3 Å². The minimum Gasteiger partial charge on any atom is -0.352 e. The number of carbonyl (C=O) groups is 2. The quantitative estimate of drug-likeness (QED) is 0.769. The molecular weight excluding hydrogens is 321 g/mol. The van der Waals surface area contributed by atoms with Crippen LogP contribution in [-0.2, 0) is 9.59 Å². The van der Waals surface area contributed by atoms with Gasteiger partial charge in [0.1, 0.15) is 5.82 Å². The van der Waals surface area contributed by atoms with Crippen molar-refractivity contribution in [3.8, 4) is 0 Å². The predicted molar refractivity (Wildman–Crippen MR) is 92.4 cm³/mol. The Hall–Kier alpha value is -1.95. The van der Waals surface area contributed by atoms with Gasteiger partial charge in [0.25, 0.3) is 0 Å². The van der Waals surface area contributed by atoms with Crippen molar-refractivity contribution in [2.45, 2.75) is 56.5 Å². The summed E-state index contributed by atoms with van der Waals surface area (Å²) in [6.07, 6.45) is 5.40. The summed E-state index contributed by atoms with van der Waals surface area (Å²) in [4.78, 5) is 24.9. The highest BCUT2D eigenvalue weighted by atomic mass is 19.1. The van der Waals surface area contributed by atoms with Crippen LogP contribution < -0.4 is 16.4 Å². The molecule has 4 N–H and O–H groups in total. The van der Waals surface area contributed by atoms with Gasteiger partial charge in [-0.05, 0) is 55.2 Å². The maximum Gasteiger partial charge on any atom is 0.228 e. The number of hydrogen-bond donors (Lipinski definition) is 3. The molecule has 2 amide bonds. The van der Waals surface area contributed by atoms with Crippen molar-refractivity contribution in [2.75, 3.05) is 5.32 Å². The van der Waals surface area contributed by atoms with Gasteiger partial charge in [-0.2, -0.15) is 0 Å². The molecule has 4 rings (SSSR count). The van der Waals surface area contributed by atoms with Crippen LogP contribution in [-0.4, -0.2) is 23.9 Å². The second-order valence-electron chi connectivity index (χ2n) is 7.75. The largest absolute Gasteiger partial charge is 0.352 e. The van der Waals surface area contributed by atoms with Gasteiger partial charge in [-0.15, -0.1) is 0 Å². The topological polar surface area (TPSA) is 84.2 Å². The molecule has 0 spiro atoms. The number of hydrogen-bond acceptors (Lipinski definition) is 3. The molecule has 0 radical (unpaired) electrons. The Balaban J connectivity index is 1.55. The second kappa shape index (κ2) is 6.41. The van der Waals surface area contributed by atoms with E-state index in [9.17, 15) is 14.0 Å². The molecule has 134 valence electrons. The van der Waals surface area contributed by atoms with Crippen LogP contribution in [0.1, 0.15) is 50.0 Å². The zero-order chi connectivity index (χ0) is 17.6. The van der Waals surface area contributed by atoms with Crippen LogP contribution in [0.15, 0.2) is 18.2 Å². The lowest BCUT2D eigenvalue weighted by Crippen LogP contribution is -2.54. The van der Waals surface area contributed by atoms with Gasteiger partial charge in [-0.1, -0.05) is 12.5 Å². The van der Waals surface area contributed by atoms with E-state index in [0.29, 0.717) is 23.1 Å². The van der Waals surface area contributed by atoms with E-state index in [1.54, 1.807) is 6.07 Å². The third-order valence-corrected chi connectivity index (χ3v) is 6.06. The summed E-state index contributed by atoms with van der Waals surface area (Å²) in [6, 6.07) is 4.60. The van der Waals surface area contributed by atoms with Gasteiger partial charge in [0, 0.05) is 24.2 Å². The molecule has 2 saturated carbocycles. The molecular formula is C19H24FN3O2. The molecule has 5 nitrogen and oxygen atoms in total. The van der Waals surface area contributed by atoms with Crippen molar-refractivity contribution in [3.63, 3.8) is 0 Å². The van der Waals surface area contributed by atoms with Crippen molar-refractivity contribution in [3.05, 3.63) is 29.6 Å². The number of amides is 2. The SMILES string of the molecule is NC1CC2CCCC(C1)C2NC(=O)C1CC(=O)Nc2cc(F)ccc21. The summed E-state index contributed by atoms with van der Waals surface area (Å²) >= 11 is 0. The van der Waals surface area contributed by atoms with E-state index in [0.717, 1.165) is 25.7 Å². The number of benzene rings is 1. The lowest BCUT2D eigenvalue weighted by molar-refractivity contribution is -0.128. The van der Waals surface area contributed by atoms with Gasteiger partial charge in [-0.3, -0.25) is 9.59 Å². The second-order valence-corrected chi connectivity index (χ2v) is 7.75. The van der Waals surface area contributed by atoms with Crippen LogP contribution in [0.5, 0.6) is 0 Å². The number of fused-ring (bicyclic) bond motifs is 3. The molecule has 0 saturated heterocycles. The fraction of sp³-hybridized carbons (Fsp3) is 0.579. The van der Waals surface area contributed by atoms with E-state index in [2.05, 4.69) is 10.6 Å². The molecule has 3 unspecified atom stereocenters. The van der Waals surface area contributed by atoms with E-state index >= 15 is 0 Å². The monoisotopic (exact) mass is 345 g/mol. The van der Waals surface area contributed by atoms with Crippen LogP contribution in [0.3, 0.4) is 0 Å². The Labute approximate surface area is 146 Å². The van der Waals surface area contributed by atoms with Gasteiger partial charge >= 0.3 is 0 Å². The van der Waals surface area contributed by atoms with Crippen LogP contribution >= 0.6 is 0 Å². The highest BCUT2D eigenvalue weighted by Crippen LogP contribution is 2.40. The van der Waals surface area contributed by atoms with E-state index in [4.69, 9.17) is 5.73 Å². The van der Waals surface area contributed by atoms with Gasteiger partial charge in [0.05, 0.1) is 5.92 Å². The smallest absolute Gasteiger partial charge is 0.228 e. The maximum absolute atomic E-state index is 13.5. The number of carbonyl (C=O) groups excluding carboxylic acids is 2. The fourth-order valence-corrected chi connectivity index (χ4v) is 4.96. The number of nitrogens with one attached hydrogen (secondary N) is 2. The van der Waals surface area contributed by atoms with Gasteiger partial charge in [0.15, 0.2) is 0 Å². The average Bonchev–Trinajstić information content (AvgIpc) is 2.54. The molecule has 2 aliphatic carbocycles. The molecule has 6 heteroatoms. The summed E-state index contributed by atoms with van der Waals surface area (Å²) in [5.74, 6) is -0.492. The Morgan fingerprint density at radius 1 is 1.24 bits per heavy atom. The maximum atomic E-state index is 13.5. The number of halogens is 1. The molecule has 1 aliphatic heterocycles. The lowest BCUT2D eigenvalue weighted by Gasteiger charge is -2.45. The first-order chi connectivity index (χ1) is 12.0. The van der Waals surface area contributed by atoms with Gasteiger partial charge in [0.2, 0.25) is 11.8 Å². The highest BCUT2D eigenvalue weighted by Gasteiger charge is 2.41. The first kappa shape index (κ1) is 16.5. The Kier molecular flexibility index (Phi) is 4.23. The lowest BCUT2D eigenvalue weighted by atomic mass is 9.67. The third kappa shape index (κ3) is 3.15. The summed E-state index contributed by atoms with van der Waals surface area (Å²) < 4.78 is 13.5. The van der Waals surface area contributed by atoms with Crippen molar-refractivity contribution in [1.82, 2.24) is 5.32 Å². The average molecular weight is 345 g/mol. The molecule has 1 heterocycles. The van der Waals surface area contributed by atoms with Gasteiger partial charge < -0.3 is 16.4 Å². The molecule has 2 fully saturated rings. The standard InChI is InChI=1S/C19H24FN3O2/c20-12-4-5-14-15(9-17(24)22-16(14)8-12)19(25)23-18-10-2-1-3-11(18)7-13(21)6-10/h4-5,8,10-11,13,15,18H,1-3,6-7,9,21H2,(H,22,24)(H,23,25). The minimum atomic E-state index is -0.555. The molecule has 2 bridgehead atoms. The summed E-state index contributed by atoms with van der Waals surface area (Å²) in [5.41, 5.74) is 7.25. The summed E-state index contributed by atoms with van der Waals surface area (Å²) in [5, 5.41) is 5.88. The first-order valence-electron chi connectivity index (χ1n) is 9.16. The fourth-order valence-electron chi connectivity index (χ4n) is 4.96. The van der Waals surface area contributed by atoms with Crippen LogP contribution in [0, 0.1) is 17.7 Å². The number of rotatable bonds is 2. The molecule has 25 heavy (non-hydrogen) atoms. The van der Waals surface area contributed by atoms with E-state index in [1.165, 1.54) is 18.6 Å². The van der Waals surface area contributed by atoms with Crippen molar-refractivity contribution >= 4 is 17.5 Å². The normalized spacial score (nSPS) is 34.0. The van der Waals surface area contributed by atoms with Crippen molar-refractivity contribution < 1.29 is 14.0 Å². The number of anilines is 1. The molecule has 3 aliphatic rings. The van der Waals surface area contributed by atoms with Crippen molar-refractivity contribution in [2.24, 2.45) is 17.6 Å². The summed E-state index contributed by atoms with van der Waals surface area (Å²) in [6.45, 7) is 0. The molecule has 3 atom stereocenters. The predicted octanol–water partition coefficient (Wildman–Crippen LogP) is 2.27. The van der Waals surface area contributed by atoms with E-state index in [1.807, 2.05) is 0 Å². The van der Waals surface area contributed by atoms with E-state index < -0.39 is 11.7 Å². The third-order valence-electron chi connectivity index (χ3n) is 6.06. The Morgan fingerprint density at radius 3 is 2.68 bits per heavy atom. The molecule has 1 aromatic rings. The van der Waals surface area contributed by atoms with Crippen LogP contribution in [0.25, 0.3) is 0 Å². The molecule has 1 aromatic carbocycles. The van der Waals surface area contributed by atoms with Crippen LogP contribution in [0.2, 0.25) is 0 Å². The minimum absolute atomic E-state index is 0.103.